The molecule has 0 bridgehead atoms. The van der Waals surface area contributed by atoms with Crippen LogP contribution in [0.3, 0.4) is 0 Å². The van der Waals surface area contributed by atoms with Crippen molar-refractivity contribution in [3.63, 3.8) is 0 Å². The topological polar surface area (TPSA) is 77.8 Å². The number of hydrogen-bond acceptors (Lipinski definition) is 3. The summed E-state index contributed by atoms with van der Waals surface area (Å²) in [5.74, 6) is -1.10. The van der Waals surface area contributed by atoms with Crippen molar-refractivity contribution in [2.75, 3.05) is 6.61 Å². The number of aliphatic hydroxyl groups is 2. The van der Waals surface area contributed by atoms with E-state index in [0.717, 1.165) is 25.7 Å². The number of rotatable bonds is 21. The number of carboxylic acids is 1. The van der Waals surface area contributed by atoms with Crippen molar-refractivity contribution in [1.29, 1.82) is 0 Å². The first-order chi connectivity index (χ1) is 12.7. The molecule has 3 N–H and O–H groups in total. The third kappa shape index (κ3) is 24.4. The van der Waals surface area contributed by atoms with Gasteiger partial charge in [-0.2, -0.15) is 0 Å². The Bertz CT molecular complexity index is 300. The molecule has 5 heteroatoms. The Morgan fingerprint density at radius 3 is 1.07 bits per heavy atom. The van der Waals surface area contributed by atoms with Crippen LogP contribution in [0, 0.1) is 0 Å². The molecule has 4 nitrogen and oxygen atoms in total. The van der Waals surface area contributed by atoms with E-state index in [9.17, 15) is 4.79 Å². The van der Waals surface area contributed by atoms with E-state index in [1.165, 1.54) is 89.9 Å². The van der Waals surface area contributed by atoms with Gasteiger partial charge in [0.1, 0.15) is 0 Å². The zero-order valence-electron chi connectivity index (χ0n) is 17.0. The van der Waals surface area contributed by atoms with Gasteiger partial charge in [0, 0.05) is 6.61 Å². The van der Waals surface area contributed by atoms with Gasteiger partial charge >= 0.3 is 35.5 Å². The van der Waals surface area contributed by atoms with E-state index < -0.39 is 12.1 Å². The average molecular weight is 397 g/mol. The van der Waals surface area contributed by atoms with Gasteiger partial charge in [-0.3, -0.25) is 0 Å². The summed E-state index contributed by atoms with van der Waals surface area (Å²) >= 11 is 0. The van der Waals surface area contributed by atoms with Crippen molar-refractivity contribution in [3.05, 3.63) is 0 Å². The summed E-state index contributed by atoms with van der Waals surface area (Å²) in [5, 5.41) is 26.4. The molecule has 1 unspecified atom stereocenters. The Kier molecular flexibility index (Phi) is 26.8. The summed E-state index contributed by atoms with van der Waals surface area (Å²) in [6.07, 6.45) is 21.8. The summed E-state index contributed by atoms with van der Waals surface area (Å²) in [5.41, 5.74) is 0. The summed E-state index contributed by atoms with van der Waals surface area (Å²) in [6, 6.07) is 0. The second-order valence-electron chi connectivity index (χ2n) is 7.73. The standard InChI is InChI=1S/C22H44O4.Na.H/c23-20-18-16-14-12-10-8-6-4-2-1-3-5-7-9-11-13-15-17-19-21(24)22(25)26;;/h21,23-24H,1-20H2,(H,25,26);;. The van der Waals surface area contributed by atoms with E-state index >= 15 is 0 Å². The van der Waals surface area contributed by atoms with Gasteiger partial charge in [0.15, 0.2) is 6.10 Å². The van der Waals surface area contributed by atoms with Crippen LogP contribution in [0.2, 0.25) is 0 Å². The van der Waals surface area contributed by atoms with Crippen LogP contribution in [-0.4, -0.2) is 63.6 Å². The zero-order chi connectivity index (χ0) is 19.3. The molecule has 0 aliphatic heterocycles. The molecule has 0 aromatic rings. The number of hydrogen-bond donors (Lipinski definition) is 3. The molecule has 0 aromatic heterocycles. The van der Waals surface area contributed by atoms with E-state index in [1.54, 1.807) is 0 Å². The average Bonchev–Trinajstić information content (AvgIpc) is 2.63. The van der Waals surface area contributed by atoms with Gasteiger partial charge in [-0.25, -0.2) is 4.79 Å². The first-order valence-electron chi connectivity index (χ1n) is 11.2. The molecule has 0 saturated carbocycles. The van der Waals surface area contributed by atoms with Gasteiger partial charge in [0.05, 0.1) is 0 Å². The third-order valence-electron chi connectivity index (χ3n) is 5.17. The Morgan fingerprint density at radius 1 is 0.556 bits per heavy atom. The number of carbonyl (C=O) groups is 1. The van der Waals surface area contributed by atoms with Crippen LogP contribution in [0.25, 0.3) is 0 Å². The van der Waals surface area contributed by atoms with Crippen LogP contribution in [0.1, 0.15) is 122 Å². The van der Waals surface area contributed by atoms with Crippen LogP contribution >= 0.6 is 0 Å². The molecule has 0 heterocycles. The molecular weight excluding hydrogens is 351 g/mol. The second-order valence-corrected chi connectivity index (χ2v) is 7.73. The molecule has 0 aliphatic carbocycles. The fourth-order valence-electron chi connectivity index (χ4n) is 3.40. The maximum absolute atomic E-state index is 10.5. The molecule has 27 heavy (non-hydrogen) atoms. The summed E-state index contributed by atoms with van der Waals surface area (Å²) < 4.78 is 0. The zero-order valence-corrected chi connectivity index (χ0v) is 17.0. The fraction of sp³-hybridized carbons (Fsp3) is 0.955. The molecule has 0 rings (SSSR count). The third-order valence-corrected chi connectivity index (χ3v) is 5.17. The van der Waals surface area contributed by atoms with Crippen LogP contribution in [0.5, 0.6) is 0 Å². The summed E-state index contributed by atoms with van der Waals surface area (Å²) in [6.45, 7) is 0.347. The molecule has 0 amide bonds. The Labute approximate surface area is 189 Å². The van der Waals surface area contributed by atoms with Gasteiger partial charge in [-0.1, -0.05) is 109 Å². The van der Waals surface area contributed by atoms with Crippen molar-refractivity contribution in [1.82, 2.24) is 0 Å². The van der Waals surface area contributed by atoms with Crippen molar-refractivity contribution in [3.8, 4) is 0 Å². The molecule has 0 aromatic carbocycles. The number of unbranched alkanes of at least 4 members (excludes halogenated alkanes) is 17. The first kappa shape index (κ1) is 29.6. The van der Waals surface area contributed by atoms with E-state index in [4.69, 9.17) is 15.3 Å². The minimum atomic E-state index is -1.17. The Morgan fingerprint density at radius 2 is 0.815 bits per heavy atom. The quantitative estimate of drug-likeness (QED) is 0.184. The van der Waals surface area contributed by atoms with Crippen molar-refractivity contribution in [2.45, 2.75) is 128 Å². The van der Waals surface area contributed by atoms with Gasteiger partial charge < -0.3 is 15.3 Å². The molecular formula is C22H45NaO4. The van der Waals surface area contributed by atoms with E-state index in [2.05, 4.69) is 0 Å². The molecule has 0 radical (unpaired) electrons. The van der Waals surface area contributed by atoms with Gasteiger partial charge in [0.2, 0.25) is 0 Å². The monoisotopic (exact) mass is 396 g/mol. The van der Waals surface area contributed by atoms with Crippen LogP contribution in [0.15, 0.2) is 0 Å². The first-order valence-corrected chi connectivity index (χ1v) is 11.2. The van der Waals surface area contributed by atoms with Crippen LogP contribution in [0.4, 0.5) is 0 Å². The van der Waals surface area contributed by atoms with E-state index in [1.807, 2.05) is 0 Å². The van der Waals surface area contributed by atoms with Crippen molar-refractivity contribution < 1.29 is 20.1 Å². The van der Waals surface area contributed by atoms with E-state index in [0.29, 0.717) is 13.0 Å². The molecule has 0 spiro atoms. The minimum absolute atomic E-state index is 0. The van der Waals surface area contributed by atoms with Crippen molar-refractivity contribution in [2.24, 2.45) is 0 Å². The molecule has 0 fully saturated rings. The Balaban J connectivity index is 0. The summed E-state index contributed by atoms with van der Waals surface area (Å²) in [4.78, 5) is 10.5. The number of aliphatic carboxylic acids is 1. The predicted molar refractivity (Wildman–Crippen MR) is 116 cm³/mol. The molecule has 1 atom stereocenters. The second kappa shape index (κ2) is 24.4. The Hall–Kier alpha value is 0.390. The van der Waals surface area contributed by atoms with Gasteiger partial charge in [-0.05, 0) is 12.8 Å². The number of carboxylic acid groups (broad SMARTS) is 1. The van der Waals surface area contributed by atoms with Crippen molar-refractivity contribution >= 4 is 35.5 Å². The van der Waals surface area contributed by atoms with Crippen LogP contribution < -0.4 is 0 Å². The molecule has 0 saturated heterocycles. The fourth-order valence-corrected chi connectivity index (χ4v) is 3.40. The SMILES string of the molecule is O=C(O)C(O)CCCCCCCCCCCCCCCCCCCCO.[NaH]. The van der Waals surface area contributed by atoms with Crippen LogP contribution in [-0.2, 0) is 4.79 Å². The van der Waals surface area contributed by atoms with Gasteiger partial charge in [0.25, 0.3) is 0 Å². The molecule has 158 valence electrons. The molecule has 0 aliphatic rings. The maximum atomic E-state index is 10.5. The van der Waals surface area contributed by atoms with E-state index in [-0.39, 0.29) is 29.6 Å². The predicted octanol–water partition coefficient (Wildman–Crippen LogP) is 5.19. The number of aliphatic hydroxyl groups excluding tert-OH is 2. The normalized spacial score (nSPS) is 11.9. The summed E-state index contributed by atoms with van der Waals surface area (Å²) in [7, 11) is 0. The van der Waals surface area contributed by atoms with Gasteiger partial charge in [-0.15, -0.1) is 0 Å².